The second-order valence-electron chi connectivity index (χ2n) is 5.22. The summed E-state index contributed by atoms with van der Waals surface area (Å²) >= 11 is 0. The fourth-order valence-corrected chi connectivity index (χ4v) is 3.33. The molecule has 0 radical (unpaired) electrons. The minimum atomic E-state index is -0.663. The zero-order valence-corrected chi connectivity index (χ0v) is 8.25. The third kappa shape index (κ3) is 0.834. The molecule has 0 aromatic carbocycles. The summed E-state index contributed by atoms with van der Waals surface area (Å²) < 4.78 is 5.87. The van der Waals surface area contributed by atoms with Crippen LogP contribution < -0.4 is 5.32 Å². The van der Waals surface area contributed by atoms with Gasteiger partial charge in [0.15, 0.2) is 0 Å². The van der Waals surface area contributed by atoms with E-state index in [0.29, 0.717) is 18.8 Å². The monoisotopic (exact) mass is 197 g/mol. The van der Waals surface area contributed by atoms with Crippen molar-refractivity contribution in [3.8, 4) is 0 Å². The van der Waals surface area contributed by atoms with Crippen molar-refractivity contribution < 1.29 is 14.6 Å². The van der Waals surface area contributed by atoms with Crippen LogP contribution in [0.1, 0.15) is 19.8 Å². The molecule has 78 valence electrons. The topological polar surface area (TPSA) is 58.6 Å². The summed E-state index contributed by atoms with van der Waals surface area (Å²) in [6.45, 7) is 3.85. The van der Waals surface area contributed by atoms with E-state index in [4.69, 9.17) is 4.74 Å². The van der Waals surface area contributed by atoms with Gasteiger partial charge in [0, 0.05) is 19.0 Å². The van der Waals surface area contributed by atoms with Crippen LogP contribution in [0.5, 0.6) is 0 Å². The number of nitrogens with one attached hydrogen (secondary N) is 1. The molecule has 0 amide bonds. The van der Waals surface area contributed by atoms with Crippen LogP contribution >= 0.6 is 0 Å². The Balaban J connectivity index is 1.87. The number of carboxylic acid groups (broad SMARTS) is 1. The van der Waals surface area contributed by atoms with Crippen molar-refractivity contribution in [2.75, 3.05) is 13.1 Å². The number of rotatable bonds is 2. The summed E-state index contributed by atoms with van der Waals surface area (Å²) in [7, 11) is 0. The van der Waals surface area contributed by atoms with Crippen LogP contribution in [0.2, 0.25) is 0 Å². The van der Waals surface area contributed by atoms with Gasteiger partial charge >= 0.3 is 5.97 Å². The number of fused-ring (bicyclic) bond motifs is 1. The highest BCUT2D eigenvalue weighted by molar-refractivity contribution is 5.78. The zero-order chi connectivity index (χ0) is 9.97. The largest absolute Gasteiger partial charge is 0.481 e. The molecule has 4 fully saturated rings. The molecule has 1 saturated carbocycles. The second-order valence-corrected chi connectivity index (χ2v) is 5.22. The van der Waals surface area contributed by atoms with E-state index in [9.17, 15) is 9.90 Å². The van der Waals surface area contributed by atoms with Crippen LogP contribution in [0.4, 0.5) is 0 Å². The van der Waals surface area contributed by atoms with E-state index in [2.05, 4.69) is 5.32 Å². The molecule has 2 N–H and O–H groups in total. The molecule has 0 aromatic rings. The molecule has 3 heterocycles. The normalized spacial score (nSPS) is 51.1. The molecule has 4 rings (SSSR count). The molecular weight excluding hydrogens is 182 g/mol. The minimum absolute atomic E-state index is 0.0498. The molecule has 4 nitrogen and oxygen atoms in total. The Morgan fingerprint density at radius 2 is 2.14 bits per heavy atom. The van der Waals surface area contributed by atoms with E-state index in [0.717, 1.165) is 13.1 Å². The van der Waals surface area contributed by atoms with Gasteiger partial charge in [-0.15, -0.1) is 0 Å². The molecule has 1 unspecified atom stereocenters. The van der Waals surface area contributed by atoms with Crippen LogP contribution in [0.15, 0.2) is 0 Å². The Labute approximate surface area is 82.6 Å². The van der Waals surface area contributed by atoms with Gasteiger partial charge in [-0.3, -0.25) is 4.79 Å². The molecule has 0 aromatic heterocycles. The molecule has 3 aliphatic heterocycles. The lowest BCUT2D eigenvalue weighted by Crippen LogP contribution is -2.56. The number of hydrogen-bond donors (Lipinski definition) is 2. The van der Waals surface area contributed by atoms with Crippen LogP contribution in [0.3, 0.4) is 0 Å². The fraction of sp³-hybridized carbons (Fsp3) is 0.900. The Kier molecular flexibility index (Phi) is 1.43. The van der Waals surface area contributed by atoms with Crippen molar-refractivity contribution in [3.63, 3.8) is 0 Å². The first-order valence-corrected chi connectivity index (χ1v) is 5.18. The molecular formula is C10H15NO3. The first kappa shape index (κ1) is 8.68. The lowest BCUT2D eigenvalue weighted by Gasteiger charge is -2.42. The highest BCUT2D eigenvalue weighted by atomic mass is 16.5. The van der Waals surface area contributed by atoms with Gasteiger partial charge in [0.2, 0.25) is 0 Å². The van der Waals surface area contributed by atoms with E-state index in [1.54, 1.807) is 0 Å². The van der Waals surface area contributed by atoms with Crippen molar-refractivity contribution in [2.45, 2.75) is 31.5 Å². The molecule has 1 aliphatic carbocycles. The van der Waals surface area contributed by atoms with Crippen LogP contribution in [-0.2, 0) is 9.53 Å². The van der Waals surface area contributed by atoms with Crippen molar-refractivity contribution in [3.05, 3.63) is 0 Å². The van der Waals surface area contributed by atoms with Crippen molar-refractivity contribution in [1.82, 2.24) is 5.32 Å². The number of carboxylic acids is 1. The SMILES string of the molecule is CC12CC(C(=O)O)(C1)C(C1CNC1)O2. The maximum Gasteiger partial charge on any atom is 0.312 e. The predicted octanol–water partition coefficient (Wildman–Crippen LogP) is 0.228. The molecule has 1 atom stereocenters. The average Bonchev–Trinajstić information content (AvgIpc) is 2.33. The van der Waals surface area contributed by atoms with E-state index in [-0.39, 0.29) is 11.7 Å². The predicted molar refractivity (Wildman–Crippen MR) is 48.9 cm³/mol. The summed E-state index contributed by atoms with van der Waals surface area (Å²) in [6.07, 6.45) is 1.36. The van der Waals surface area contributed by atoms with Crippen molar-refractivity contribution in [1.29, 1.82) is 0 Å². The molecule has 4 heteroatoms. The Bertz CT molecular complexity index is 292. The second kappa shape index (κ2) is 2.31. The van der Waals surface area contributed by atoms with Gasteiger partial charge in [0.25, 0.3) is 0 Å². The van der Waals surface area contributed by atoms with Gasteiger partial charge in [-0.1, -0.05) is 0 Å². The molecule has 3 saturated heterocycles. The third-order valence-corrected chi connectivity index (χ3v) is 4.00. The van der Waals surface area contributed by atoms with Gasteiger partial charge in [-0.05, 0) is 19.8 Å². The summed E-state index contributed by atoms with van der Waals surface area (Å²) in [4.78, 5) is 11.3. The number of hydrogen-bond acceptors (Lipinski definition) is 3. The highest BCUT2D eigenvalue weighted by Gasteiger charge is 2.71. The first-order valence-electron chi connectivity index (χ1n) is 5.18. The summed E-state index contributed by atoms with van der Waals surface area (Å²) in [5, 5.41) is 12.4. The average molecular weight is 197 g/mol. The number of ether oxygens (including phenoxy) is 1. The van der Waals surface area contributed by atoms with Gasteiger partial charge in [-0.2, -0.15) is 0 Å². The van der Waals surface area contributed by atoms with Crippen LogP contribution in [-0.4, -0.2) is 35.9 Å². The van der Waals surface area contributed by atoms with E-state index >= 15 is 0 Å². The van der Waals surface area contributed by atoms with E-state index in [1.807, 2.05) is 6.92 Å². The Hall–Kier alpha value is -0.610. The van der Waals surface area contributed by atoms with Crippen molar-refractivity contribution in [2.24, 2.45) is 11.3 Å². The van der Waals surface area contributed by atoms with Crippen molar-refractivity contribution >= 4 is 5.97 Å². The third-order valence-electron chi connectivity index (χ3n) is 4.00. The Morgan fingerprint density at radius 1 is 1.50 bits per heavy atom. The standard InChI is InChI=1S/C10H15NO3/c1-9-4-10(5-9,8(12)13)7(14-9)6-2-11-3-6/h6-7,11H,2-5H2,1H3,(H,12,13). The van der Waals surface area contributed by atoms with Gasteiger partial charge < -0.3 is 15.2 Å². The summed E-state index contributed by atoms with van der Waals surface area (Å²) in [5.74, 6) is -0.250. The maximum absolute atomic E-state index is 11.3. The van der Waals surface area contributed by atoms with E-state index < -0.39 is 11.4 Å². The Morgan fingerprint density at radius 3 is 2.57 bits per heavy atom. The maximum atomic E-state index is 11.3. The molecule has 2 bridgehead atoms. The van der Waals surface area contributed by atoms with Crippen LogP contribution in [0.25, 0.3) is 0 Å². The molecule has 14 heavy (non-hydrogen) atoms. The van der Waals surface area contributed by atoms with Gasteiger partial charge in [0.05, 0.1) is 17.1 Å². The molecule has 0 spiro atoms. The summed E-state index contributed by atoms with van der Waals surface area (Å²) in [5.41, 5.74) is -0.694. The quantitative estimate of drug-likeness (QED) is 0.665. The van der Waals surface area contributed by atoms with Gasteiger partial charge in [0.1, 0.15) is 0 Å². The zero-order valence-electron chi connectivity index (χ0n) is 8.25. The van der Waals surface area contributed by atoms with Crippen LogP contribution in [0, 0.1) is 11.3 Å². The first-order chi connectivity index (χ1) is 6.56. The number of aliphatic carboxylic acids is 1. The summed E-state index contributed by atoms with van der Waals surface area (Å²) in [6, 6.07) is 0. The minimum Gasteiger partial charge on any atom is -0.481 e. The molecule has 4 aliphatic rings. The fourth-order valence-electron chi connectivity index (χ4n) is 3.33. The lowest BCUT2D eigenvalue weighted by atomic mass is 9.58. The highest BCUT2D eigenvalue weighted by Crippen LogP contribution is 2.63. The number of carbonyl (C=O) groups is 1. The smallest absolute Gasteiger partial charge is 0.312 e. The lowest BCUT2D eigenvalue weighted by molar-refractivity contribution is -0.155. The van der Waals surface area contributed by atoms with Gasteiger partial charge in [-0.25, -0.2) is 0 Å². The van der Waals surface area contributed by atoms with E-state index in [1.165, 1.54) is 0 Å².